The number of nitrogens with zero attached hydrogens (tertiary/aromatic N) is 1. The molecule has 1 heterocycles. The second-order valence-electron chi connectivity index (χ2n) is 6.76. The molecular weight excluding hydrogens is 438 g/mol. The number of hydrazone groups is 1. The number of rotatable bonds is 9. The minimum atomic E-state index is -0.690. The molecule has 1 aliphatic rings. The smallest absolute Gasteiger partial charge is 0.335 e. The molecule has 1 atom stereocenters. The van der Waals surface area contributed by atoms with Gasteiger partial charge in [-0.2, -0.15) is 5.10 Å². The van der Waals surface area contributed by atoms with E-state index >= 15 is 0 Å². The van der Waals surface area contributed by atoms with Crippen LogP contribution >= 0.6 is 11.6 Å². The number of hydrogen-bond donors (Lipinski definition) is 4. The van der Waals surface area contributed by atoms with Crippen LogP contribution in [0.3, 0.4) is 0 Å². The number of hydrazine groups is 1. The Morgan fingerprint density at radius 2 is 2.03 bits per heavy atom. The lowest BCUT2D eigenvalue weighted by Gasteiger charge is -2.22. The second kappa shape index (κ2) is 11.1. The molecule has 4 amide bonds. The fourth-order valence-corrected chi connectivity index (χ4v) is 3.01. The number of ether oxygens (including phenoxy) is 2. The number of urea groups is 1. The molecule has 1 fully saturated rings. The summed E-state index contributed by atoms with van der Waals surface area (Å²) in [4.78, 5) is 34.6. The van der Waals surface area contributed by atoms with Gasteiger partial charge in [0.05, 0.1) is 13.3 Å². The zero-order valence-electron chi connectivity index (χ0n) is 17.2. The highest BCUT2D eigenvalue weighted by atomic mass is 35.5. The van der Waals surface area contributed by atoms with E-state index in [0.717, 1.165) is 5.56 Å². The SMILES string of the molecule is COc1cc(/C=N/NC(=O)CCC2NNC(=O)NC2=O)ccc1OCc1ccccc1Cl. The fourth-order valence-electron chi connectivity index (χ4n) is 2.82. The molecule has 3 rings (SSSR count). The van der Waals surface area contributed by atoms with Crippen LogP contribution in [0.2, 0.25) is 5.02 Å². The van der Waals surface area contributed by atoms with Crippen LogP contribution < -0.4 is 31.1 Å². The highest BCUT2D eigenvalue weighted by Crippen LogP contribution is 2.29. The lowest BCUT2D eigenvalue weighted by atomic mass is 10.1. The number of imide groups is 1. The van der Waals surface area contributed by atoms with Gasteiger partial charge in [0.15, 0.2) is 11.5 Å². The van der Waals surface area contributed by atoms with Gasteiger partial charge in [-0.25, -0.2) is 15.6 Å². The van der Waals surface area contributed by atoms with Crippen LogP contribution in [0.5, 0.6) is 11.5 Å². The van der Waals surface area contributed by atoms with Crippen molar-refractivity contribution in [1.29, 1.82) is 0 Å². The van der Waals surface area contributed by atoms with Crippen LogP contribution in [0.25, 0.3) is 0 Å². The van der Waals surface area contributed by atoms with E-state index in [-0.39, 0.29) is 25.4 Å². The van der Waals surface area contributed by atoms with E-state index in [1.807, 2.05) is 18.2 Å². The molecule has 0 saturated carbocycles. The fraction of sp³-hybridized carbons (Fsp3) is 0.238. The summed E-state index contributed by atoms with van der Waals surface area (Å²) in [5, 5.41) is 6.65. The quantitative estimate of drug-likeness (QED) is 0.334. The van der Waals surface area contributed by atoms with Crippen LogP contribution in [0.1, 0.15) is 24.0 Å². The van der Waals surface area contributed by atoms with Gasteiger partial charge in [-0.05, 0) is 36.2 Å². The second-order valence-corrected chi connectivity index (χ2v) is 7.17. The van der Waals surface area contributed by atoms with Crippen molar-refractivity contribution in [2.24, 2.45) is 5.10 Å². The van der Waals surface area contributed by atoms with E-state index < -0.39 is 18.0 Å². The third kappa shape index (κ3) is 6.43. The molecule has 0 aliphatic carbocycles. The molecular formula is C21H22ClN5O5. The number of methoxy groups -OCH3 is 1. The van der Waals surface area contributed by atoms with E-state index in [0.29, 0.717) is 22.1 Å². The molecule has 0 bridgehead atoms. The number of hydrogen-bond acceptors (Lipinski definition) is 7. The molecule has 11 heteroatoms. The van der Waals surface area contributed by atoms with Gasteiger partial charge in [0.2, 0.25) is 11.8 Å². The summed E-state index contributed by atoms with van der Waals surface area (Å²) in [5.74, 6) is 0.177. The van der Waals surface area contributed by atoms with Gasteiger partial charge in [0, 0.05) is 17.0 Å². The van der Waals surface area contributed by atoms with E-state index in [1.54, 1.807) is 24.3 Å². The molecule has 1 saturated heterocycles. The number of carbonyl (C=O) groups is 3. The van der Waals surface area contributed by atoms with Gasteiger partial charge >= 0.3 is 6.03 Å². The summed E-state index contributed by atoms with van der Waals surface area (Å²) in [6, 6.07) is 11.3. The first-order valence-corrected chi connectivity index (χ1v) is 10.1. The average molecular weight is 460 g/mol. The number of halogens is 1. The first kappa shape index (κ1) is 23.0. The average Bonchev–Trinajstić information content (AvgIpc) is 2.78. The molecule has 32 heavy (non-hydrogen) atoms. The number of benzene rings is 2. The van der Waals surface area contributed by atoms with Crippen LogP contribution in [0, 0.1) is 0 Å². The van der Waals surface area contributed by atoms with Crippen molar-refractivity contribution in [1.82, 2.24) is 21.6 Å². The maximum absolute atomic E-state index is 11.9. The van der Waals surface area contributed by atoms with Gasteiger partial charge in [0.25, 0.3) is 0 Å². The lowest BCUT2D eigenvalue weighted by Crippen LogP contribution is -2.62. The Balaban J connectivity index is 1.50. The standard InChI is InChI=1S/C21H22ClN5O5/c1-31-18-10-13(6-8-17(18)32-12-14-4-2-3-5-15(14)22)11-23-26-19(28)9-7-16-20(29)24-21(30)27-25-16/h2-6,8,10-11,16,25H,7,9,12H2,1H3,(H,26,28)(H2,24,27,29,30)/b23-11+. The van der Waals surface area contributed by atoms with Crippen LogP contribution in [-0.2, 0) is 16.2 Å². The summed E-state index contributed by atoms with van der Waals surface area (Å²) in [6.07, 6.45) is 1.69. The highest BCUT2D eigenvalue weighted by molar-refractivity contribution is 6.31. The maximum atomic E-state index is 11.9. The van der Waals surface area contributed by atoms with Crippen molar-refractivity contribution in [3.8, 4) is 11.5 Å². The third-order valence-corrected chi connectivity index (χ3v) is 4.87. The third-order valence-electron chi connectivity index (χ3n) is 4.50. The minimum absolute atomic E-state index is 0.0381. The van der Waals surface area contributed by atoms with E-state index in [4.69, 9.17) is 21.1 Å². The molecule has 0 aromatic heterocycles. The summed E-state index contributed by atoms with van der Waals surface area (Å²) >= 11 is 6.15. The topological polar surface area (TPSA) is 130 Å². The van der Waals surface area contributed by atoms with Crippen molar-refractivity contribution in [2.45, 2.75) is 25.5 Å². The van der Waals surface area contributed by atoms with Crippen molar-refractivity contribution < 1.29 is 23.9 Å². The van der Waals surface area contributed by atoms with Gasteiger partial charge < -0.3 is 9.47 Å². The van der Waals surface area contributed by atoms with Gasteiger partial charge in [-0.15, -0.1) is 0 Å². The number of amides is 4. The maximum Gasteiger partial charge on any atom is 0.335 e. The molecule has 4 N–H and O–H groups in total. The molecule has 2 aromatic carbocycles. The molecule has 10 nitrogen and oxygen atoms in total. The van der Waals surface area contributed by atoms with E-state index in [2.05, 4.69) is 26.7 Å². The summed E-state index contributed by atoms with van der Waals surface area (Å²) in [7, 11) is 1.53. The Bertz CT molecular complexity index is 1030. The van der Waals surface area contributed by atoms with E-state index in [9.17, 15) is 14.4 Å². The molecule has 1 unspecified atom stereocenters. The monoisotopic (exact) mass is 459 g/mol. The first-order valence-electron chi connectivity index (χ1n) is 9.69. The lowest BCUT2D eigenvalue weighted by molar-refractivity contribution is -0.124. The minimum Gasteiger partial charge on any atom is -0.493 e. The first-order chi connectivity index (χ1) is 15.5. The predicted octanol–water partition coefficient (Wildman–Crippen LogP) is 1.87. The van der Waals surface area contributed by atoms with Crippen LogP contribution in [0.4, 0.5) is 4.79 Å². The predicted molar refractivity (Wildman–Crippen MR) is 117 cm³/mol. The highest BCUT2D eigenvalue weighted by Gasteiger charge is 2.25. The molecule has 0 spiro atoms. The zero-order valence-corrected chi connectivity index (χ0v) is 17.9. The summed E-state index contributed by atoms with van der Waals surface area (Å²) in [6.45, 7) is 0.289. The van der Waals surface area contributed by atoms with Crippen molar-refractivity contribution in [3.63, 3.8) is 0 Å². The Morgan fingerprint density at radius 1 is 1.22 bits per heavy atom. The normalized spacial score (nSPS) is 15.8. The number of carbonyl (C=O) groups excluding carboxylic acids is 3. The summed E-state index contributed by atoms with van der Waals surface area (Å²) in [5.41, 5.74) is 8.75. The van der Waals surface area contributed by atoms with E-state index in [1.165, 1.54) is 13.3 Å². The Morgan fingerprint density at radius 3 is 2.78 bits per heavy atom. The van der Waals surface area contributed by atoms with Crippen molar-refractivity contribution in [2.75, 3.05) is 7.11 Å². The van der Waals surface area contributed by atoms with Gasteiger partial charge in [-0.3, -0.25) is 20.3 Å². The molecule has 1 aliphatic heterocycles. The molecule has 168 valence electrons. The van der Waals surface area contributed by atoms with Gasteiger partial charge in [0.1, 0.15) is 12.6 Å². The molecule has 2 aromatic rings. The van der Waals surface area contributed by atoms with Crippen LogP contribution in [-0.4, -0.2) is 37.2 Å². The Labute approximate surface area is 189 Å². The largest absolute Gasteiger partial charge is 0.493 e. The van der Waals surface area contributed by atoms with Crippen LogP contribution in [0.15, 0.2) is 47.6 Å². The Hall–Kier alpha value is -3.63. The zero-order chi connectivity index (χ0) is 22.9. The van der Waals surface area contributed by atoms with Gasteiger partial charge in [-0.1, -0.05) is 29.8 Å². The summed E-state index contributed by atoms with van der Waals surface area (Å²) < 4.78 is 11.2. The molecule has 0 radical (unpaired) electrons. The van der Waals surface area contributed by atoms with Crippen molar-refractivity contribution >= 4 is 35.7 Å². The van der Waals surface area contributed by atoms with Crippen molar-refractivity contribution in [3.05, 3.63) is 58.6 Å². The number of nitrogens with one attached hydrogen (secondary N) is 4. The Kier molecular flexibility index (Phi) is 8.01.